The summed E-state index contributed by atoms with van der Waals surface area (Å²) in [6.45, 7) is 9.20. The molecule has 120 valence electrons. The van der Waals surface area contributed by atoms with E-state index in [0.717, 1.165) is 5.76 Å². The summed E-state index contributed by atoms with van der Waals surface area (Å²) in [6.07, 6.45) is 0. The number of nitrogens with one attached hydrogen (secondary N) is 1. The molecule has 23 heavy (non-hydrogen) atoms. The number of rotatable bonds is 2. The van der Waals surface area contributed by atoms with Crippen molar-refractivity contribution in [3.8, 4) is 11.6 Å². The van der Waals surface area contributed by atoms with Crippen LogP contribution in [0.4, 0.5) is 5.82 Å². The summed E-state index contributed by atoms with van der Waals surface area (Å²) in [5, 5.41) is 7.17. The number of amides is 1. The minimum Gasteiger partial charge on any atom is -0.458 e. The Morgan fingerprint density at radius 1 is 1.22 bits per heavy atom. The molecular weight excluding hydrogens is 294 g/mol. The highest BCUT2D eigenvalue weighted by Gasteiger charge is 2.23. The average molecular weight is 313 g/mol. The van der Waals surface area contributed by atoms with E-state index in [2.05, 4.69) is 20.4 Å². The molecule has 3 rings (SSSR count). The highest BCUT2D eigenvalue weighted by molar-refractivity contribution is 5.94. The number of carbonyl (C=O) groups excluding carboxylic acids is 1. The highest BCUT2D eigenvalue weighted by Crippen LogP contribution is 2.24. The molecule has 0 atom stereocenters. The van der Waals surface area contributed by atoms with Crippen LogP contribution in [0.3, 0.4) is 0 Å². The first-order chi connectivity index (χ1) is 10.7. The fourth-order valence-corrected chi connectivity index (χ4v) is 2.08. The molecule has 1 N–H and O–H groups in total. The zero-order valence-electron chi connectivity index (χ0n) is 13.8. The second-order valence-corrected chi connectivity index (χ2v) is 6.51. The maximum atomic E-state index is 12.2. The Hall–Kier alpha value is -2.70. The number of anilines is 1. The summed E-state index contributed by atoms with van der Waals surface area (Å²) in [6, 6.07) is 5.37. The van der Waals surface area contributed by atoms with Gasteiger partial charge in [-0.25, -0.2) is 9.97 Å². The van der Waals surface area contributed by atoms with Gasteiger partial charge in [-0.2, -0.15) is 4.52 Å². The van der Waals surface area contributed by atoms with E-state index in [4.69, 9.17) is 4.42 Å². The summed E-state index contributed by atoms with van der Waals surface area (Å²) in [4.78, 5) is 21.1. The molecular formula is C16H19N5O2. The van der Waals surface area contributed by atoms with Gasteiger partial charge < -0.3 is 9.73 Å². The Morgan fingerprint density at radius 2 is 1.96 bits per heavy atom. The van der Waals surface area contributed by atoms with Crippen molar-refractivity contribution in [2.75, 3.05) is 5.32 Å². The third-order valence-electron chi connectivity index (χ3n) is 3.31. The van der Waals surface area contributed by atoms with E-state index in [1.165, 1.54) is 0 Å². The third kappa shape index (κ3) is 2.94. The first kappa shape index (κ1) is 15.2. The van der Waals surface area contributed by atoms with Crippen LogP contribution in [0.5, 0.6) is 0 Å². The van der Waals surface area contributed by atoms with E-state index < -0.39 is 5.41 Å². The molecule has 0 saturated carbocycles. The van der Waals surface area contributed by atoms with E-state index in [9.17, 15) is 4.79 Å². The van der Waals surface area contributed by atoms with Gasteiger partial charge in [0.25, 0.3) is 0 Å². The number of carbonyl (C=O) groups is 1. The summed E-state index contributed by atoms with van der Waals surface area (Å²) in [5.41, 5.74) is 0.0875. The number of hydrogen-bond donors (Lipinski definition) is 1. The lowest BCUT2D eigenvalue weighted by molar-refractivity contribution is -0.123. The van der Waals surface area contributed by atoms with Gasteiger partial charge in [-0.15, -0.1) is 5.10 Å². The molecule has 3 aromatic heterocycles. The van der Waals surface area contributed by atoms with E-state index in [1.807, 2.05) is 39.8 Å². The molecule has 0 aromatic carbocycles. The van der Waals surface area contributed by atoms with Crippen LogP contribution in [0.1, 0.15) is 32.4 Å². The van der Waals surface area contributed by atoms with Crippen LogP contribution in [0.25, 0.3) is 17.2 Å². The quantitative estimate of drug-likeness (QED) is 0.786. The van der Waals surface area contributed by atoms with Gasteiger partial charge in [0.1, 0.15) is 17.4 Å². The fourth-order valence-electron chi connectivity index (χ4n) is 2.08. The van der Waals surface area contributed by atoms with Gasteiger partial charge >= 0.3 is 0 Å². The van der Waals surface area contributed by atoms with Gasteiger partial charge in [0.2, 0.25) is 11.7 Å². The van der Waals surface area contributed by atoms with Gasteiger partial charge in [0.05, 0.1) is 0 Å². The summed E-state index contributed by atoms with van der Waals surface area (Å²) < 4.78 is 7.26. The highest BCUT2D eigenvalue weighted by atomic mass is 16.3. The van der Waals surface area contributed by atoms with Crippen LogP contribution in [0, 0.1) is 19.3 Å². The SMILES string of the molecule is Cc1nc2cc(NC(=O)C(C)(C)C)nc(-c3ccc(C)o3)n2n1. The lowest BCUT2D eigenvalue weighted by Crippen LogP contribution is -2.28. The lowest BCUT2D eigenvalue weighted by Gasteiger charge is -2.17. The van der Waals surface area contributed by atoms with Crippen molar-refractivity contribution in [1.29, 1.82) is 0 Å². The molecule has 3 aromatic rings. The second kappa shape index (κ2) is 5.19. The van der Waals surface area contributed by atoms with Crippen LogP contribution in [-0.4, -0.2) is 25.5 Å². The van der Waals surface area contributed by atoms with E-state index in [-0.39, 0.29) is 5.91 Å². The minimum atomic E-state index is -0.515. The van der Waals surface area contributed by atoms with Gasteiger partial charge in [-0.05, 0) is 26.0 Å². The predicted octanol–water partition coefficient (Wildman–Crippen LogP) is 2.99. The van der Waals surface area contributed by atoms with Crippen molar-refractivity contribution in [2.24, 2.45) is 5.41 Å². The van der Waals surface area contributed by atoms with Crippen LogP contribution in [0.15, 0.2) is 22.6 Å². The largest absolute Gasteiger partial charge is 0.458 e. The summed E-state index contributed by atoms with van der Waals surface area (Å²) in [5.74, 6) is 2.78. The summed E-state index contributed by atoms with van der Waals surface area (Å²) >= 11 is 0. The number of furan rings is 1. The number of nitrogens with zero attached hydrogens (tertiary/aromatic N) is 4. The monoisotopic (exact) mass is 313 g/mol. The normalized spacial score (nSPS) is 11.9. The Kier molecular flexibility index (Phi) is 3.43. The van der Waals surface area contributed by atoms with Crippen molar-refractivity contribution in [1.82, 2.24) is 19.6 Å². The first-order valence-electron chi connectivity index (χ1n) is 7.37. The standard InChI is InChI=1S/C16H19N5O2/c1-9-6-7-11(23-9)14-18-12(19-15(22)16(3,4)5)8-13-17-10(2)20-21(13)14/h6-8H,1-5H3,(H,19,22). The molecule has 0 bridgehead atoms. The molecule has 0 aliphatic heterocycles. The topological polar surface area (TPSA) is 85.3 Å². The Balaban J connectivity index is 2.12. The van der Waals surface area contributed by atoms with E-state index in [1.54, 1.807) is 17.5 Å². The molecule has 0 fully saturated rings. The predicted molar refractivity (Wildman–Crippen MR) is 86.0 cm³/mol. The van der Waals surface area contributed by atoms with E-state index in [0.29, 0.717) is 28.9 Å². The van der Waals surface area contributed by atoms with Crippen molar-refractivity contribution >= 4 is 17.4 Å². The van der Waals surface area contributed by atoms with Crippen LogP contribution < -0.4 is 5.32 Å². The molecule has 0 radical (unpaired) electrons. The van der Waals surface area contributed by atoms with Crippen LogP contribution in [-0.2, 0) is 4.79 Å². The van der Waals surface area contributed by atoms with Gasteiger partial charge in [-0.1, -0.05) is 20.8 Å². The minimum absolute atomic E-state index is 0.118. The third-order valence-corrected chi connectivity index (χ3v) is 3.31. The van der Waals surface area contributed by atoms with Gasteiger partial charge in [0, 0.05) is 11.5 Å². The second-order valence-electron chi connectivity index (χ2n) is 6.51. The number of fused-ring (bicyclic) bond motifs is 1. The molecule has 7 heteroatoms. The average Bonchev–Trinajstić information content (AvgIpc) is 3.01. The molecule has 0 saturated heterocycles. The fraction of sp³-hybridized carbons (Fsp3) is 0.375. The Labute approximate surface area is 133 Å². The van der Waals surface area contributed by atoms with Crippen molar-refractivity contribution in [3.63, 3.8) is 0 Å². The molecule has 0 spiro atoms. The molecule has 1 amide bonds. The van der Waals surface area contributed by atoms with Gasteiger partial charge in [-0.3, -0.25) is 4.79 Å². The molecule has 7 nitrogen and oxygen atoms in total. The van der Waals surface area contributed by atoms with Crippen LogP contribution in [0.2, 0.25) is 0 Å². The van der Waals surface area contributed by atoms with Crippen molar-refractivity contribution in [3.05, 3.63) is 29.8 Å². The number of hydrogen-bond acceptors (Lipinski definition) is 5. The number of aryl methyl sites for hydroxylation is 2. The zero-order valence-corrected chi connectivity index (χ0v) is 13.8. The molecule has 0 aliphatic rings. The Morgan fingerprint density at radius 3 is 2.57 bits per heavy atom. The molecule has 3 heterocycles. The summed E-state index contributed by atoms with van der Waals surface area (Å²) in [7, 11) is 0. The van der Waals surface area contributed by atoms with E-state index >= 15 is 0 Å². The number of aromatic nitrogens is 4. The first-order valence-corrected chi connectivity index (χ1v) is 7.37. The van der Waals surface area contributed by atoms with Crippen molar-refractivity contribution in [2.45, 2.75) is 34.6 Å². The van der Waals surface area contributed by atoms with Crippen molar-refractivity contribution < 1.29 is 9.21 Å². The maximum Gasteiger partial charge on any atom is 0.230 e. The Bertz CT molecular complexity index is 886. The maximum absolute atomic E-state index is 12.2. The van der Waals surface area contributed by atoms with Crippen LogP contribution >= 0.6 is 0 Å². The molecule has 0 unspecified atom stereocenters. The van der Waals surface area contributed by atoms with Gasteiger partial charge in [0.15, 0.2) is 11.4 Å². The molecule has 0 aliphatic carbocycles. The lowest BCUT2D eigenvalue weighted by atomic mass is 9.96. The zero-order chi connectivity index (χ0) is 16.8. The smallest absolute Gasteiger partial charge is 0.230 e.